The Labute approximate surface area is 104 Å². The zero-order valence-electron chi connectivity index (χ0n) is 8.66. The first-order chi connectivity index (χ1) is 7.36. The molecule has 1 aromatic carbocycles. The lowest BCUT2D eigenvalue weighted by molar-refractivity contribution is 0.649. The largest absolute Gasteiger partial charge is 0.312 e. The first kappa shape index (κ1) is 11.6. The second-order valence-electron chi connectivity index (χ2n) is 3.76. The minimum absolute atomic E-state index is 0. The van der Waals surface area contributed by atoms with E-state index in [-0.39, 0.29) is 17.8 Å². The highest BCUT2D eigenvalue weighted by Crippen LogP contribution is 2.23. The fourth-order valence-electron chi connectivity index (χ4n) is 2.02. The van der Waals surface area contributed by atoms with Crippen molar-refractivity contribution >= 4 is 33.8 Å². The van der Waals surface area contributed by atoms with Crippen molar-refractivity contribution in [1.29, 1.82) is 0 Å². The van der Waals surface area contributed by atoms with E-state index < -0.39 is 0 Å². The molecule has 0 unspecified atom stereocenters. The van der Waals surface area contributed by atoms with Crippen LogP contribution in [0.15, 0.2) is 29.1 Å². The molecule has 0 bridgehead atoms. The van der Waals surface area contributed by atoms with Crippen LogP contribution < -0.4 is 10.7 Å². The molecule has 0 spiro atoms. The topological polar surface area (TPSA) is 29.1 Å². The smallest absolute Gasteiger partial charge is 0.192 e. The summed E-state index contributed by atoms with van der Waals surface area (Å²) in [6, 6.07) is 7.87. The monoisotopic (exact) mass is 253 g/mol. The van der Waals surface area contributed by atoms with Crippen molar-refractivity contribution in [2.45, 2.75) is 13.0 Å². The normalized spacial score (nSPS) is 14.2. The van der Waals surface area contributed by atoms with Gasteiger partial charge in [0.15, 0.2) is 5.43 Å². The minimum Gasteiger partial charge on any atom is -0.312 e. The summed E-state index contributed by atoms with van der Waals surface area (Å²) in [5.74, 6) is 0. The molecule has 2 nitrogen and oxygen atoms in total. The van der Waals surface area contributed by atoms with Crippen LogP contribution in [0.5, 0.6) is 0 Å². The molecule has 1 aliphatic rings. The lowest BCUT2D eigenvalue weighted by Crippen LogP contribution is -2.28. The van der Waals surface area contributed by atoms with E-state index >= 15 is 0 Å². The van der Waals surface area contributed by atoms with E-state index in [0.717, 1.165) is 35.2 Å². The predicted molar refractivity (Wildman–Crippen MR) is 70.8 cm³/mol. The fourth-order valence-corrected chi connectivity index (χ4v) is 3.20. The Morgan fingerprint density at radius 2 is 2.06 bits per heavy atom. The van der Waals surface area contributed by atoms with Crippen molar-refractivity contribution in [1.82, 2.24) is 5.32 Å². The molecule has 0 aliphatic carbocycles. The molecule has 84 valence electrons. The van der Waals surface area contributed by atoms with Gasteiger partial charge in [-0.3, -0.25) is 4.79 Å². The molecule has 0 radical (unpaired) electrons. The van der Waals surface area contributed by atoms with Gasteiger partial charge < -0.3 is 5.32 Å². The number of hydrogen-bond donors (Lipinski definition) is 1. The summed E-state index contributed by atoms with van der Waals surface area (Å²) in [4.78, 5) is 13.4. The van der Waals surface area contributed by atoms with E-state index in [9.17, 15) is 4.79 Å². The first-order valence-corrected chi connectivity index (χ1v) is 5.92. The molecule has 0 saturated carbocycles. The molecule has 0 fully saturated rings. The van der Waals surface area contributed by atoms with E-state index in [1.165, 1.54) is 4.88 Å². The van der Waals surface area contributed by atoms with E-state index in [1.54, 1.807) is 11.3 Å². The van der Waals surface area contributed by atoms with Gasteiger partial charge in [0.05, 0.1) is 0 Å². The van der Waals surface area contributed by atoms with Crippen LogP contribution in [0.2, 0.25) is 0 Å². The summed E-state index contributed by atoms with van der Waals surface area (Å²) < 4.78 is 1.11. The molecule has 0 saturated heterocycles. The van der Waals surface area contributed by atoms with Gasteiger partial charge in [-0.05, 0) is 18.6 Å². The number of hydrogen-bond acceptors (Lipinski definition) is 3. The van der Waals surface area contributed by atoms with Crippen LogP contribution in [0.4, 0.5) is 0 Å². The van der Waals surface area contributed by atoms with E-state index in [0.29, 0.717) is 0 Å². The SMILES string of the molecule is Cl.O=c1c2c(sc3ccccc13)CCNC2. The third kappa shape index (κ3) is 1.75. The van der Waals surface area contributed by atoms with Crippen molar-refractivity contribution in [3.05, 3.63) is 44.9 Å². The number of benzene rings is 1. The minimum atomic E-state index is 0. The van der Waals surface area contributed by atoms with Gasteiger partial charge in [0.1, 0.15) is 0 Å². The van der Waals surface area contributed by atoms with Gasteiger partial charge in [0, 0.05) is 33.6 Å². The predicted octanol–water partition coefficient (Wildman–Crippen LogP) is 2.33. The zero-order chi connectivity index (χ0) is 10.3. The molecule has 0 atom stereocenters. The number of nitrogens with one attached hydrogen (secondary N) is 1. The van der Waals surface area contributed by atoms with E-state index in [2.05, 4.69) is 5.32 Å². The van der Waals surface area contributed by atoms with Gasteiger partial charge in [0.2, 0.25) is 0 Å². The lowest BCUT2D eigenvalue weighted by atomic mass is 10.1. The Morgan fingerprint density at radius 3 is 2.94 bits per heavy atom. The maximum atomic E-state index is 12.1. The molecule has 1 aliphatic heterocycles. The molecular formula is C12H12ClNOS. The molecular weight excluding hydrogens is 242 g/mol. The van der Waals surface area contributed by atoms with E-state index in [4.69, 9.17) is 0 Å². The molecule has 16 heavy (non-hydrogen) atoms. The third-order valence-electron chi connectivity index (χ3n) is 2.81. The van der Waals surface area contributed by atoms with Crippen LogP contribution in [0.25, 0.3) is 10.1 Å². The third-order valence-corrected chi connectivity index (χ3v) is 4.08. The standard InChI is InChI=1S/C12H11NOS.ClH/c14-12-8-3-1-2-4-10(8)15-11-5-6-13-7-9(11)12;/h1-4,13H,5-7H2;1H. The van der Waals surface area contributed by atoms with Crippen LogP contribution >= 0.6 is 23.7 Å². The van der Waals surface area contributed by atoms with Gasteiger partial charge in [-0.25, -0.2) is 0 Å². The average Bonchev–Trinajstić information content (AvgIpc) is 2.30. The van der Waals surface area contributed by atoms with Crippen LogP contribution in [-0.4, -0.2) is 6.54 Å². The maximum absolute atomic E-state index is 12.1. The average molecular weight is 254 g/mol. The lowest BCUT2D eigenvalue weighted by Gasteiger charge is -2.15. The summed E-state index contributed by atoms with van der Waals surface area (Å²) >= 11 is 1.76. The Kier molecular flexibility index (Phi) is 3.28. The Hall–Kier alpha value is -0.900. The fraction of sp³-hybridized carbons (Fsp3) is 0.250. The number of rotatable bonds is 0. The van der Waals surface area contributed by atoms with Gasteiger partial charge in [-0.1, -0.05) is 12.1 Å². The molecule has 2 heterocycles. The Morgan fingerprint density at radius 1 is 1.25 bits per heavy atom. The second kappa shape index (κ2) is 4.53. The number of halogens is 1. The van der Waals surface area contributed by atoms with Crippen LogP contribution in [-0.2, 0) is 13.0 Å². The van der Waals surface area contributed by atoms with Crippen molar-refractivity contribution in [2.75, 3.05) is 6.54 Å². The van der Waals surface area contributed by atoms with Crippen LogP contribution in [0, 0.1) is 0 Å². The van der Waals surface area contributed by atoms with Gasteiger partial charge in [0.25, 0.3) is 0 Å². The zero-order valence-corrected chi connectivity index (χ0v) is 10.3. The quantitative estimate of drug-likeness (QED) is 0.781. The van der Waals surface area contributed by atoms with Crippen molar-refractivity contribution in [3.8, 4) is 0 Å². The Balaban J connectivity index is 0.000000963. The summed E-state index contributed by atoms with van der Waals surface area (Å²) in [5.41, 5.74) is 1.19. The molecule has 1 N–H and O–H groups in total. The summed E-state index contributed by atoms with van der Waals surface area (Å²) in [6.45, 7) is 1.72. The van der Waals surface area contributed by atoms with Crippen LogP contribution in [0.3, 0.4) is 0 Å². The molecule has 3 rings (SSSR count). The highest BCUT2D eigenvalue weighted by atomic mass is 35.5. The van der Waals surface area contributed by atoms with E-state index in [1.807, 2.05) is 24.3 Å². The highest BCUT2D eigenvalue weighted by molar-refractivity contribution is 7.18. The highest BCUT2D eigenvalue weighted by Gasteiger charge is 2.14. The van der Waals surface area contributed by atoms with Gasteiger partial charge in [-0.2, -0.15) is 0 Å². The van der Waals surface area contributed by atoms with Gasteiger partial charge >= 0.3 is 0 Å². The summed E-state index contributed by atoms with van der Waals surface area (Å²) in [7, 11) is 0. The molecule has 0 amide bonds. The molecule has 2 aromatic rings. The first-order valence-electron chi connectivity index (χ1n) is 5.10. The second-order valence-corrected chi connectivity index (χ2v) is 4.89. The maximum Gasteiger partial charge on any atom is 0.192 e. The summed E-state index contributed by atoms with van der Waals surface area (Å²) in [6.07, 6.45) is 0.986. The molecule has 4 heteroatoms. The van der Waals surface area contributed by atoms with Crippen molar-refractivity contribution < 1.29 is 0 Å². The Bertz CT molecular complexity index is 579. The van der Waals surface area contributed by atoms with Gasteiger partial charge in [-0.15, -0.1) is 23.7 Å². The summed E-state index contributed by atoms with van der Waals surface area (Å²) in [5, 5.41) is 4.12. The molecule has 1 aromatic heterocycles. The van der Waals surface area contributed by atoms with Crippen LogP contribution in [0.1, 0.15) is 10.4 Å². The van der Waals surface area contributed by atoms with Crippen molar-refractivity contribution in [3.63, 3.8) is 0 Å². The number of fused-ring (bicyclic) bond motifs is 2. The van der Waals surface area contributed by atoms with Crippen molar-refractivity contribution in [2.24, 2.45) is 0 Å².